The molecule has 1 saturated heterocycles. The van der Waals surface area contributed by atoms with Gasteiger partial charge in [-0.15, -0.1) is 0 Å². The van der Waals surface area contributed by atoms with E-state index in [2.05, 4.69) is 5.32 Å². The molecule has 0 radical (unpaired) electrons. The molecule has 2 fully saturated rings. The number of carbonyl (C=O) groups is 1. The van der Waals surface area contributed by atoms with Crippen LogP contribution in [0.4, 0.5) is 0 Å². The van der Waals surface area contributed by atoms with E-state index in [0.717, 1.165) is 38.9 Å². The Balaban J connectivity index is 1.76. The van der Waals surface area contributed by atoms with Crippen molar-refractivity contribution in [1.82, 2.24) is 10.2 Å². The molecule has 0 aromatic heterocycles. The van der Waals surface area contributed by atoms with Crippen molar-refractivity contribution < 1.29 is 9.53 Å². The van der Waals surface area contributed by atoms with E-state index in [9.17, 15) is 4.79 Å². The van der Waals surface area contributed by atoms with E-state index in [-0.39, 0.29) is 12.0 Å². The van der Waals surface area contributed by atoms with Crippen molar-refractivity contribution in [3.05, 3.63) is 0 Å². The number of ether oxygens (including phenoxy) is 1. The number of hydrogen-bond acceptors (Lipinski definition) is 3. The molecule has 1 N–H and O–H groups in total. The molecule has 1 aliphatic carbocycles. The Bertz CT molecular complexity index is 301. The van der Waals surface area contributed by atoms with Crippen LogP contribution in [0.5, 0.6) is 0 Å². The van der Waals surface area contributed by atoms with Gasteiger partial charge in [0, 0.05) is 13.1 Å². The SMILES string of the molecule is CNCC1CCN(C(=O)C(C)OC2CCCCCC2)C1. The highest BCUT2D eigenvalue weighted by Gasteiger charge is 2.30. The van der Waals surface area contributed by atoms with Gasteiger partial charge >= 0.3 is 0 Å². The fourth-order valence-electron chi connectivity index (χ4n) is 3.47. The van der Waals surface area contributed by atoms with Crippen LogP contribution in [0.25, 0.3) is 0 Å². The number of amides is 1. The number of hydrogen-bond donors (Lipinski definition) is 1. The second-order valence-electron chi connectivity index (χ2n) is 6.39. The van der Waals surface area contributed by atoms with Gasteiger partial charge in [-0.25, -0.2) is 0 Å². The normalized spacial score (nSPS) is 26.5. The Hall–Kier alpha value is -0.610. The van der Waals surface area contributed by atoms with Gasteiger partial charge in [0.1, 0.15) is 6.10 Å². The van der Waals surface area contributed by atoms with Crippen molar-refractivity contribution in [2.24, 2.45) is 5.92 Å². The first-order chi connectivity index (χ1) is 9.70. The summed E-state index contributed by atoms with van der Waals surface area (Å²) in [4.78, 5) is 14.4. The van der Waals surface area contributed by atoms with E-state index < -0.39 is 0 Å². The molecular weight excluding hydrogens is 252 g/mol. The third-order valence-electron chi connectivity index (χ3n) is 4.64. The maximum absolute atomic E-state index is 12.4. The first-order valence-electron chi connectivity index (χ1n) is 8.29. The lowest BCUT2D eigenvalue weighted by Crippen LogP contribution is -2.39. The summed E-state index contributed by atoms with van der Waals surface area (Å²) in [5.41, 5.74) is 0. The van der Waals surface area contributed by atoms with E-state index in [0.29, 0.717) is 12.0 Å². The zero-order valence-corrected chi connectivity index (χ0v) is 13.1. The van der Waals surface area contributed by atoms with Crippen LogP contribution < -0.4 is 5.32 Å². The average molecular weight is 282 g/mol. The molecule has 0 aromatic rings. The van der Waals surface area contributed by atoms with Gasteiger partial charge in [-0.1, -0.05) is 25.7 Å². The Morgan fingerprint density at radius 2 is 1.95 bits per heavy atom. The largest absolute Gasteiger partial charge is 0.365 e. The van der Waals surface area contributed by atoms with Crippen molar-refractivity contribution in [3.63, 3.8) is 0 Å². The first kappa shape index (κ1) is 15.8. The number of rotatable bonds is 5. The summed E-state index contributed by atoms with van der Waals surface area (Å²) in [5.74, 6) is 0.793. The summed E-state index contributed by atoms with van der Waals surface area (Å²) in [6.45, 7) is 4.71. The van der Waals surface area contributed by atoms with Gasteiger partial charge in [0.05, 0.1) is 6.10 Å². The van der Waals surface area contributed by atoms with Crippen molar-refractivity contribution in [2.75, 3.05) is 26.7 Å². The van der Waals surface area contributed by atoms with Crippen LogP contribution in [0, 0.1) is 5.92 Å². The Morgan fingerprint density at radius 1 is 1.25 bits per heavy atom. The number of likely N-dealkylation sites (tertiary alicyclic amines) is 1. The third kappa shape index (κ3) is 4.45. The van der Waals surface area contributed by atoms with Crippen molar-refractivity contribution in [1.29, 1.82) is 0 Å². The zero-order chi connectivity index (χ0) is 14.4. The molecule has 1 amide bonds. The van der Waals surface area contributed by atoms with Crippen molar-refractivity contribution >= 4 is 5.91 Å². The minimum atomic E-state index is -0.272. The van der Waals surface area contributed by atoms with E-state index in [1.807, 2.05) is 18.9 Å². The quantitative estimate of drug-likeness (QED) is 0.786. The lowest BCUT2D eigenvalue weighted by atomic mass is 10.1. The summed E-state index contributed by atoms with van der Waals surface area (Å²) in [6, 6.07) is 0. The molecule has 4 nitrogen and oxygen atoms in total. The number of carbonyl (C=O) groups excluding carboxylic acids is 1. The molecular formula is C16H30N2O2. The summed E-state index contributed by atoms with van der Waals surface area (Å²) in [5, 5.41) is 3.20. The van der Waals surface area contributed by atoms with E-state index in [4.69, 9.17) is 4.74 Å². The van der Waals surface area contributed by atoms with E-state index in [1.54, 1.807) is 0 Å². The van der Waals surface area contributed by atoms with Crippen LogP contribution in [-0.4, -0.2) is 49.7 Å². The lowest BCUT2D eigenvalue weighted by Gasteiger charge is -2.25. The van der Waals surface area contributed by atoms with Gasteiger partial charge < -0.3 is 15.0 Å². The van der Waals surface area contributed by atoms with Gasteiger partial charge in [-0.05, 0) is 45.7 Å². The molecule has 20 heavy (non-hydrogen) atoms. The predicted octanol–water partition coefficient (Wildman–Crippen LogP) is 2.18. The van der Waals surface area contributed by atoms with Crippen molar-refractivity contribution in [3.8, 4) is 0 Å². The van der Waals surface area contributed by atoms with Gasteiger partial charge in [0.25, 0.3) is 5.91 Å². The summed E-state index contributed by atoms with van der Waals surface area (Å²) in [7, 11) is 1.97. The zero-order valence-electron chi connectivity index (χ0n) is 13.1. The van der Waals surface area contributed by atoms with Crippen LogP contribution in [0.3, 0.4) is 0 Å². The average Bonchev–Trinajstić information content (AvgIpc) is 2.75. The highest BCUT2D eigenvalue weighted by molar-refractivity contribution is 5.80. The molecule has 2 aliphatic rings. The van der Waals surface area contributed by atoms with Crippen molar-refractivity contribution in [2.45, 2.75) is 64.1 Å². The molecule has 2 rings (SSSR count). The summed E-state index contributed by atoms with van der Waals surface area (Å²) in [6.07, 6.45) is 8.53. The molecule has 116 valence electrons. The molecule has 2 atom stereocenters. The Labute approximate surface area is 123 Å². The second-order valence-corrected chi connectivity index (χ2v) is 6.39. The third-order valence-corrected chi connectivity index (χ3v) is 4.64. The van der Waals surface area contributed by atoms with Gasteiger partial charge in [0.2, 0.25) is 0 Å². The Morgan fingerprint density at radius 3 is 2.60 bits per heavy atom. The minimum Gasteiger partial charge on any atom is -0.365 e. The molecule has 1 aliphatic heterocycles. The van der Waals surface area contributed by atoms with Crippen LogP contribution in [0.1, 0.15) is 51.9 Å². The van der Waals surface area contributed by atoms with E-state index >= 15 is 0 Å². The number of nitrogens with zero attached hydrogens (tertiary/aromatic N) is 1. The lowest BCUT2D eigenvalue weighted by molar-refractivity contribution is -0.145. The fraction of sp³-hybridized carbons (Fsp3) is 0.938. The number of nitrogens with one attached hydrogen (secondary N) is 1. The minimum absolute atomic E-state index is 0.188. The predicted molar refractivity (Wildman–Crippen MR) is 80.7 cm³/mol. The van der Waals surface area contributed by atoms with Gasteiger partial charge in [-0.2, -0.15) is 0 Å². The summed E-state index contributed by atoms with van der Waals surface area (Å²) >= 11 is 0. The molecule has 0 spiro atoms. The highest BCUT2D eigenvalue weighted by Crippen LogP contribution is 2.22. The smallest absolute Gasteiger partial charge is 0.251 e. The highest BCUT2D eigenvalue weighted by atomic mass is 16.5. The topological polar surface area (TPSA) is 41.6 Å². The summed E-state index contributed by atoms with van der Waals surface area (Å²) < 4.78 is 6.03. The molecule has 4 heteroatoms. The van der Waals surface area contributed by atoms with Gasteiger partial charge in [-0.3, -0.25) is 4.79 Å². The van der Waals surface area contributed by atoms with Crippen LogP contribution in [0.2, 0.25) is 0 Å². The van der Waals surface area contributed by atoms with Crippen LogP contribution in [0.15, 0.2) is 0 Å². The Kier molecular flexibility index (Phi) is 6.30. The monoisotopic (exact) mass is 282 g/mol. The molecule has 1 saturated carbocycles. The maximum Gasteiger partial charge on any atom is 0.251 e. The van der Waals surface area contributed by atoms with Crippen LogP contribution >= 0.6 is 0 Å². The first-order valence-corrected chi connectivity index (χ1v) is 8.29. The molecule has 0 bridgehead atoms. The molecule has 1 heterocycles. The standard InChI is InChI=1S/C16H30N2O2/c1-13(20-15-7-5-3-4-6-8-15)16(19)18-10-9-14(12-18)11-17-2/h13-15,17H,3-12H2,1-2H3. The molecule has 0 aromatic carbocycles. The molecule has 2 unspecified atom stereocenters. The second kappa shape index (κ2) is 7.99. The van der Waals surface area contributed by atoms with Crippen LogP contribution in [-0.2, 0) is 9.53 Å². The van der Waals surface area contributed by atoms with E-state index in [1.165, 1.54) is 25.7 Å². The fourth-order valence-corrected chi connectivity index (χ4v) is 3.47. The maximum atomic E-state index is 12.4. The van der Waals surface area contributed by atoms with Gasteiger partial charge in [0.15, 0.2) is 0 Å².